The quantitative estimate of drug-likeness (QED) is 0.817. The standard InChI is InChI=1S/C10H12Cl2N2O2/c1-14(16)5-4-13-10(15)7-2-3-8(11)9(12)6-7/h2-3,6,16H,4-5H2,1H3,(H,13,15). The monoisotopic (exact) mass is 262 g/mol. The lowest BCUT2D eigenvalue weighted by Crippen LogP contribution is -2.31. The summed E-state index contributed by atoms with van der Waals surface area (Å²) in [6.45, 7) is 0.707. The maximum atomic E-state index is 11.6. The second kappa shape index (κ2) is 6.06. The van der Waals surface area contributed by atoms with E-state index in [0.29, 0.717) is 28.7 Å². The minimum Gasteiger partial charge on any atom is -0.351 e. The first-order valence-electron chi connectivity index (χ1n) is 4.64. The summed E-state index contributed by atoms with van der Waals surface area (Å²) in [5, 5.41) is 13.2. The van der Waals surface area contributed by atoms with E-state index >= 15 is 0 Å². The van der Waals surface area contributed by atoms with Gasteiger partial charge in [-0.15, -0.1) is 0 Å². The van der Waals surface area contributed by atoms with Crippen molar-refractivity contribution in [1.82, 2.24) is 10.4 Å². The van der Waals surface area contributed by atoms with E-state index in [1.165, 1.54) is 13.1 Å². The first-order valence-corrected chi connectivity index (χ1v) is 5.39. The van der Waals surface area contributed by atoms with Crippen molar-refractivity contribution in [3.63, 3.8) is 0 Å². The zero-order valence-corrected chi connectivity index (χ0v) is 10.2. The molecule has 0 unspecified atom stereocenters. The molecule has 0 saturated heterocycles. The Morgan fingerprint density at radius 1 is 1.44 bits per heavy atom. The van der Waals surface area contributed by atoms with Crippen LogP contribution < -0.4 is 5.32 Å². The topological polar surface area (TPSA) is 52.6 Å². The molecule has 6 heteroatoms. The molecule has 16 heavy (non-hydrogen) atoms. The van der Waals surface area contributed by atoms with Gasteiger partial charge < -0.3 is 10.5 Å². The van der Waals surface area contributed by atoms with Crippen LogP contribution in [-0.2, 0) is 0 Å². The van der Waals surface area contributed by atoms with Crippen molar-refractivity contribution < 1.29 is 10.0 Å². The molecule has 1 amide bonds. The summed E-state index contributed by atoms with van der Waals surface area (Å²) in [6, 6.07) is 4.66. The number of rotatable bonds is 4. The molecule has 1 aromatic carbocycles. The van der Waals surface area contributed by atoms with Crippen molar-refractivity contribution in [2.45, 2.75) is 0 Å². The molecular formula is C10H12Cl2N2O2. The molecule has 88 valence electrons. The zero-order valence-electron chi connectivity index (χ0n) is 8.70. The lowest BCUT2D eigenvalue weighted by atomic mass is 10.2. The second-order valence-electron chi connectivity index (χ2n) is 3.27. The Bertz CT molecular complexity index is 383. The molecule has 0 aliphatic rings. The molecule has 0 fully saturated rings. The fourth-order valence-electron chi connectivity index (χ4n) is 1.07. The summed E-state index contributed by atoms with van der Waals surface area (Å²) < 4.78 is 0. The normalized spacial score (nSPS) is 10.6. The van der Waals surface area contributed by atoms with Crippen LogP contribution in [-0.4, -0.2) is 36.3 Å². The van der Waals surface area contributed by atoms with Crippen molar-refractivity contribution in [3.05, 3.63) is 33.8 Å². The van der Waals surface area contributed by atoms with E-state index in [1.54, 1.807) is 12.1 Å². The van der Waals surface area contributed by atoms with Gasteiger partial charge in [-0.1, -0.05) is 23.2 Å². The molecule has 0 aromatic heterocycles. The summed E-state index contributed by atoms with van der Waals surface area (Å²) >= 11 is 11.5. The molecule has 1 aromatic rings. The zero-order chi connectivity index (χ0) is 12.1. The number of benzene rings is 1. The molecular weight excluding hydrogens is 251 g/mol. The number of hydrogen-bond donors (Lipinski definition) is 2. The van der Waals surface area contributed by atoms with Crippen LogP contribution in [0.1, 0.15) is 10.4 Å². The SMILES string of the molecule is CN(O)CCNC(=O)c1ccc(Cl)c(Cl)c1. The lowest BCUT2D eigenvalue weighted by Gasteiger charge is -2.09. The van der Waals surface area contributed by atoms with Crippen LogP contribution in [0.5, 0.6) is 0 Å². The van der Waals surface area contributed by atoms with Crippen LogP contribution in [0.2, 0.25) is 10.0 Å². The van der Waals surface area contributed by atoms with Gasteiger partial charge in [0.05, 0.1) is 10.0 Å². The van der Waals surface area contributed by atoms with Crippen molar-refractivity contribution in [3.8, 4) is 0 Å². The van der Waals surface area contributed by atoms with Gasteiger partial charge in [0.15, 0.2) is 0 Å². The van der Waals surface area contributed by atoms with Crippen LogP contribution in [0.25, 0.3) is 0 Å². The number of hydrogen-bond acceptors (Lipinski definition) is 3. The number of nitrogens with one attached hydrogen (secondary N) is 1. The highest BCUT2D eigenvalue weighted by Crippen LogP contribution is 2.22. The molecule has 0 radical (unpaired) electrons. The Kier molecular flexibility index (Phi) is 5.02. The summed E-state index contributed by atoms with van der Waals surface area (Å²) in [5.74, 6) is -0.250. The molecule has 0 bridgehead atoms. The smallest absolute Gasteiger partial charge is 0.251 e. The molecule has 2 N–H and O–H groups in total. The van der Waals surface area contributed by atoms with Crippen LogP contribution >= 0.6 is 23.2 Å². The first-order chi connectivity index (χ1) is 7.50. The second-order valence-corrected chi connectivity index (χ2v) is 4.08. The van der Waals surface area contributed by atoms with E-state index in [1.807, 2.05) is 0 Å². The maximum Gasteiger partial charge on any atom is 0.251 e. The average molecular weight is 263 g/mol. The molecule has 0 heterocycles. The van der Waals surface area contributed by atoms with Crippen molar-refractivity contribution in [2.24, 2.45) is 0 Å². The molecule has 0 atom stereocenters. The lowest BCUT2D eigenvalue weighted by molar-refractivity contribution is -0.0626. The van der Waals surface area contributed by atoms with E-state index in [9.17, 15) is 4.79 Å². The first kappa shape index (κ1) is 13.3. The molecule has 0 aliphatic carbocycles. The van der Waals surface area contributed by atoms with Crippen LogP contribution in [0.15, 0.2) is 18.2 Å². The number of hydroxylamine groups is 2. The van der Waals surface area contributed by atoms with Gasteiger partial charge in [-0.3, -0.25) is 4.79 Å². The van der Waals surface area contributed by atoms with E-state index in [4.69, 9.17) is 28.4 Å². The molecule has 4 nitrogen and oxygen atoms in total. The Balaban J connectivity index is 2.56. The fourth-order valence-corrected chi connectivity index (χ4v) is 1.37. The van der Waals surface area contributed by atoms with Gasteiger partial charge in [0.2, 0.25) is 0 Å². The third-order valence-corrected chi connectivity index (χ3v) is 2.64. The average Bonchev–Trinajstić information content (AvgIpc) is 2.21. The highest BCUT2D eigenvalue weighted by molar-refractivity contribution is 6.42. The number of likely N-dealkylation sites (N-methyl/N-ethyl adjacent to an activating group) is 1. The van der Waals surface area contributed by atoms with Crippen LogP contribution in [0.3, 0.4) is 0 Å². The van der Waals surface area contributed by atoms with Gasteiger partial charge in [-0.2, -0.15) is 5.06 Å². The third kappa shape index (κ3) is 3.98. The van der Waals surface area contributed by atoms with Crippen molar-refractivity contribution in [1.29, 1.82) is 0 Å². The largest absolute Gasteiger partial charge is 0.351 e. The van der Waals surface area contributed by atoms with E-state index in [0.717, 1.165) is 5.06 Å². The summed E-state index contributed by atoms with van der Waals surface area (Å²) in [5.41, 5.74) is 0.440. The van der Waals surface area contributed by atoms with Gasteiger partial charge in [-0.05, 0) is 18.2 Å². The van der Waals surface area contributed by atoms with Gasteiger partial charge in [-0.25, -0.2) is 0 Å². The molecule has 0 saturated carbocycles. The van der Waals surface area contributed by atoms with E-state index in [2.05, 4.69) is 5.32 Å². The third-order valence-electron chi connectivity index (χ3n) is 1.90. The minimum atomic E-state index is -0.250. The number of amides is 1. The predicted octanol–water partition coefficient (Wildman–Crippen LogP) is 2.04. The van der Waals surface area contributed by atoms with Crippen LogP contribution in [0, 0.1) is 0 Å². The van der Waals surface area contributed by atoms with Gasteiger partial charge in [0.25, 0.3) is 5.91 Å². The highest BCUT2D eigenvalue weighted by atomic mass is 35.5. The van der Waals surface area contributed by atoms with Gasteiger partial charge in [0, 0.05) is 25.7 Å². The van der Waals surface area contributed by atoms with Crippen molar-refractivity contribution >= 4 is 29.1 Å². The number of carbonyl (C=O) groups is 1. The van der Waals surface area contributed by atoms with Crippen LogP contribution in [0.4, 0.5) is 0 Å². The number of carbonyl (C=O) groups excluding carboxylic acids is 1. The maximum absolute atomic E-state index is 11.6. The van der Waals surface area contributed by atoms with Crippen molar-refractivity contribution in [2.75, 3.05) is 20.1 Å². The Labute approximate surface area is 104 Å². The summed E-state index contributed by atoms with van der Waals surface area (Å²) in [6.07, 6.45) is 0. The van der Waals surface area contributed by atoms with Gasteiger partial charge in [0.1, 0.15) is 0 Å². The fraction of sp³-hybridized carbons (Fsp3) is 0.300. The molecule has 0 aliphatic heterocycles. The number of halogens is 2. The Hall–Kier alpha value is -0.810. The Morgan fingerprint density at radius 3 is 2.69 bits per heavy atom. The Morgan fingerprint density at radius 2 is 2.12 bits per heavy atom. The predicted molar refractivity (Wildman–Crippen MR) is 63.2 cm³/mol. The van der Waals surface area contributed by atoms with E-state index < -0.39 is 0 Å². The number of nitrogens with zero attached hydrogens (tertiary/aromatic N) is 1. The summed E-state index contributed by atoms with van der Waals surface area (Å²) in [7, 11) is 1.51. The summed E-state index contributed by atoms with van der Waals surface area (Å²) in [4.78, 5) is 11.6. The molecule has 0 spiro atoms. The molecule has 1 rings (SSSR count). The minimum absolute atomic E-state index is 0.250. The highest BCUT2D eigenvalue weighted by Gasteiger charge is 2.07. The van der Waals surface area contributed by atoms with Gasteiger partial charge >= 0.3 is 0 Å². The van der Waals surface area contributed by atoms with E-state index in [-0.39, 0.29) is 5.91 Å².